The molecule has 0 aliphatic heterocycles. The van der Waals surface area contributed by atoms with Crippen LogP contribution in [0, 0.1) is 6.92 Å². The molecule has 0 heterocycles. The second-order valence-corrected chi connectivity index (χ2v) is 2.35. The Morgan fingerprint density at radius 1 is 1.45 bits per heavy atom. The second kappa shape index (κ2) is 2.70. The Balaban J connectivity index is 3.29. The zero-order chi connectivity index (χ0) is 8.43. The van der Waals surface area contributed by atoms with Gasteiger partial charge in [-0.3, -0.25) is 0 Å². The van der Waals surface area contributed by atoms with Crippen LogP contribution in [0.15, 0.2) is 12.1 Å². The summed E-state index contributed by atoms with van der Waals surface area (Å²) in [6.07, 6.45) is 0. The van der Waals surface area contributed by atoms with E-state index in [4.69, 9.17) is 10.5 Å². The Bertz CT molecular complexity index is 271. The lowest BCUT2D eigenvalue weighted by molar-refractivity contribution is 0.373. The average molecular weight is 153 g/mol. The van der Waals surface area contributed by atoms with Gasteiger partial charge in [-0.05, 0) is 18.6 Å². The van der Waals surface area contributed by atoms with Crippen LogP contribution in [0.25, 0.3) is 0 Å². The minimum absolute atomic E-state index is 0.118. The molecule has 1 aromatic carbocycles. The van der Waals surface area contributed by atoms with Crippen molar-refractivity contribution in [1.29, 1.82) is 0 Å². The van der Waals surface area contributed by atoms with E-state index < -0.39 is 0 Å². The standard InChI is InChI=1S/C8H11NO2/c1-5-3-4-6(9)8(11-2)7(5)10/h3-4,10H,9H2,1-2H3. The van der Waals surface area contributed by atoms with Crippen LogP contribution in [-0.4, -0.2) is 12.2 Å². The van der Waals surface area contributed by atoms with E-state index in [-0.39, 0.29) is 5.75 Å². The molecule has 0 spiro atoms. The van der Waals surface area contributed by atoms with E-state index in [0.29, 0.717) is 11.4 Å². The molecule has 0 aromatic heterocycles. The van der Waals surface area contributed by atoms with Crippen LogP contribution in [0.1, 0.15) is 5.56 Å². The monoisotopic (exact) mass is 153 g/mol. The van der Waals surface area contributed by atoms with E-state index >= 15 is 0 Å². The quantitative estimate of drug-likeness (QED) is 0.598. The Kier molecular flexibility index (Phi) is 1.89. The van der Waals surface area contributed by atoms with E-state index in [2.05, 4.69) is 0 Å². The Labute approximate surface area is 65.4 Å². The third-order valence-corrected chi connectivity index (χ3v) is 1.57. The highest BCUT2D eigenvalue weighted by atomic mass is 16.5. The lowest BCUT2D eigenvalue weighted by Gasteiger charge is -2.07. The summed E-state index contributed by atoms with van der Waals surface area (Å²) in [5.41, 5.74) is 6.73. The number of anilines is 1. The lowest BCUT2D eigenvalue weighted by atomic mass is 10.2. The normalized spacial score (nSPS) is 9.64. The minimum Gasteiger partial charge on any atom is -0.504 e. The molecule has 0 saturated heterocycles. The number of nitrogen functional groups attached to an aromatic ring is 1. The van der Waals surface area contributed by atoms with Gasteiger partial charge in [0.15, 0.2) is 11.5 Å². The number of rotatable bonds is 1. The summed E-state index contributed by atoms with van der Waals surface area (Å²) in [6, 6.07) is 3.45. The molecule has 3 heteroatoms. The largest absolute Gasteiger partial charge is 0.504 e. The first-order valence-corrected chi connectivity index (χ1v) is 3.29. The Morgan fingerprint density at radius 3 is 2.55 bits per heavy atom. The van der Waals surface area contributed by atoms with Crippen molar-refractivity contribution < 1.29 is 9.84 Å². The molecule has 3 N–H and O–H groups in total. The lowest BCUT2D eigenvalue weighted by Crippen LogP contribution is -1.93. The summed E-state index contributed by atoms with van der Waals surface area (Å²) in [4.78, 5) is 0. The number of methoxy groups -OCH3 is 1. The highest BCUT2D eigenvalue weighted by Gasteiger charge is 2.06. The number of nitrogens with two attached hydrogens (primary N) is 1. The number of aryl methyl sites for hydroxylation is 1. The van der Waals surface area contributed by atoms with Crippen LogP contribution in [0.2, 0.25) is 0 Å². The van der Waals surface area contributed by atoms with E-state index in [9.17, 15) is 5.11 Å². The number of benzene rings is 1. The minimum atomic E-state index is 0.118. The Morgan fingerprint density at radius 2 is 2.09 bits per heavy atom. The molecule has 0 atom stereocenters. The predicted octanol–water partition coefficient (Wildman–Crippen LogP) is 1.29. The van der Waals surface area contributed by atoms with Gasteiger partial charge in [0.1, 0.15) is 0 Å². The number of hydrogen-bond donors (Lipinski definition) is 2. The first kappa shape index (κ1) is 7.72. The van der Waals surface area contributed by atoms with Crippen molar-refractivity contribution >= 4 is 5.69 Å². The van der Waals surface area contributed by atoms with Crippen LogP contribution in [-0.2, 0) is 0 Å². The smallest absolute Gasteiger partial charge is 0.183 e. The molecule has 0 saturated carbocycles. The molecule has 60 valence electrons. The van der Waals surface area contributed by atoms with Gasteiger partial charge in [-0.2, -0.15) is 0 Å². The third-order valence-electron chi connectivity index (χ3n) is 1.57. The molecule has 0 bridgehead atoms. The first-order valence-electron chi connectivity index (χ1n) is 3.29. The number of phenols is 1. The average Bonchev–Trinajstić information content (AvgIpc) is 1.99. The maximum Gasteiger partial charge on any atom is 0.183 e. The van der Waals surface area contributed by atoms with Crippen LogP contribution in [0.5, 0.6) is 11.5 Å². The van der Waals surface area contributed by atoms with E-state index in [1.165, 1.54) is 7.11 Å². The van der Waals surface area contributed by atoms with Crippen LogP contribution in [0.3, 0.4) is 0 Å². The number of aromatic hydroxyl groups is 1. The van der Waals surface area contributed by atoms with Gasteiger partial charge in [0.25, 0.3) is 0 Å². The van der Waals surface area contributed by atoms with Crippen molar-refractivity contribution in [2.75, 3.05) is 12.8 Å². The number of ether oxygens (including phenoxy) is 1. The van der Waals surface area contributed by atoms with Gasteiger partial charge in [-0.25, -0.2) is 0 Å². The van der Waals surface area contributed by atoms with Gasteiger partial charge in [-0.1, -0.05) is 6.07 Å². The molecule has 0 aliphatic carbocycles. The fourth-order valence-electron chi connectivity index (χ4n) is 0.900. The van der Waals surface area contributed by atoms with Crippen molar-refractivity contribution in [3.63, 3.8) is 0 Å². The van der Waals surface area contributed by atoms with Gasteiger partial charge < -0.3 is 15.6 Å². The van der Waals surface area contributed by atoms with Crippen molar-refractivity contribution in [1.82, 2.24) is 0 Å². The predicted molar refractivity (Wildman–Crippen MR) is 43.8 cm³/mol. The fourth-order valence-corrected chi connectivity index (χ4v) is 0.900. The fraction of sp³-hybridized carbons (Fsp3) is 0.250. The highest BCUT2D eigenvalue weighted by molar-refractivity contribution is 5.62. The molecule has 0 radical (unpaired) electrons. The van der Waals surface area contributed by atoms with E-state index in [1.807, 2.05) is 0 Å². The summed E-state index contributed by atoms with van der Waals surface area (Å²) in [5.74, 6) is 0.470. The van der Waals surface area contributed by atoms with Gasteiger partial charge >= 0.3 is 0 Å². The summed E-state index contributed by atoms with van der Waals surface area (Å²) in [6.45, 7) is 1.79. The molecule has 1 aromatic rings. The van der Waals surface area contributed by atoms with Gasteiger partial charge in [-0.15, -0.1) is 0 Å². The molecule has 0 aliphatic rings. The van der Waals surface area contributed by atoms with Gasteiger partial charge in [0, 0.05) is 0 Å². The summed E-state index contributed by atoms with van der Waals surface area (Å²) < 4.78 is 4.88. The topological polar surface area (TPSA) is 55.5 Å². The molecular formula is C8H11NO2. The highest BCUT2D eigenvalue weighted by Crippen LogP contribution is 2.34. The summed E-state index contributed by atoms with van der Waals surface area (Å²) in [5, 5.41) is 9.37. The van der Waals surface area contributed by atoms with Crippen molar-refractivity contribution in [3.05, 3.63) is 17.7 Å². The van der Waals surface area contributed by atoms with Gasteiger partial charge in [0.2, 0.25) is 0 Å². The van der Waals surface area contributed by atoms with Crippen molar-refractivity contribution in [2.45, 2.75) is 6.92 Å². The molecule has 1 rings (SSSR count). The maximum absolute atomic E-state index is 9.37. The zero-order valence-electron chi connectivity index (χ0n) is 6.59. The molecule has 0 amide bonds. The molecular weight excluding hydrogens is 142 g/mol. The SMILES string of the molecule is COc1c(N)ccc(C)c1O. The second-order valence-electron chi connectivity index (χ2n) is 2.35. The summed E-state index contributed by atoms with van der Waals surface area (Å²) in [7, 11) is 1.48. The van der Waals surface area contributed by atoms with Crippen LogP contribution < -0.4 is 10.5 Å². The summed E-state index contributed by atoms with van der Waals surface area (Å²) >= 11 is 0. The number of phenolic OH excluding ortho intramolecular Hbond substituents is 1. The third kappa shape index (κ3) is 1.22. The first-order chi connectivity index (χ1) is 5.16. The number of hydrogen-bond acceptors (Lipinski definition) is 3. The molecule has 0 fully saturated rings. The van der Waals surface area contributed by atoms with Crippen LogP contribution >= 0.6 is 0 Å². The maximum atomic E-state index is 9.37. The molecule has 3 nitrogen and oxygen atoms in total. The van der Waals surface area contributed by atoms with Gasteiger partial charge in [0.05, 0.1) is 12.8 Å². The Hall–Kier alpha value is -1.38. The van der Waals surface area contributed by atoms with Crippen LogP contribution in [0.4, 0.5) is 5.69 Å². The molecule has 0 unspecified atom stereocenters. The zero-order valence-corrected chi connectivity index (χ0v) is 6.59. The van der Waals surface area contributed by atoms with E-state index in [0.717, 1.165) is 5.56 Å². The molecule has 11 heavy (non-hydrogen) atoms. The van der Waals surface area contributed by atoms with Crippen molar-refractivity contribution in [2.24, 2.45) is 0 Å². The van der Waals surface area contributed by atoms with E-state index in [1.54, 1.807) is 19.1 Å². The van der Waals surface area contributed by atoms with Crippen molar-refractivity contribution in [3.8, 4) is 11.5 Å².